The van der Waals surface area contributed by atoms with E-state index in [0.717, 1.165) is 5.69 Å². The lowest BCUT2D eigenvalue weighted by Crippen LogP contribution is -2.37. The minimum absolute atomic E-state index is 0.136. The van der Waals surface area contributed by atoms with Gasteiger partial charge in [-0.15, -0.1) is 0 Å². The summed E-state index contributed by atoms with van der Waals surface area (Å²) < 4.78 is 5.42. The number of benzene rings is 2. The number of nitriles is 1. The highest BCUT2D eigenvalue weighted by Crippen LogP contribution is 2.22. The molecule has 0 atom stereocenters. The van der Waals surface area contributed by atoms with Crippen LogP contribution in [0.25, 0.3) is 0 Å². The molecule has 1 amide bonds. The highest BCUT2D eigenvalue weighted by molar-refractivity contribution is 7.99. The van der Waals surface area contributed by atoms with Gasteiger partial charge < -0.3 is 20.3 Å². The summed E-state index contributed by atoms with van der Waals surface area (Å²) >= 11 is 1.23. The number of thioether (sulfide) groups is 1. The maximum Gasteiger partial charge on any atom is 0.234 e. The lowest BCUT2D eigenvalue weighted by molar-refractivity contribution is -0.113. The molecule has 0 radical (unpaired) electrons. The van der Waals surface area contributed by atoms with E-state index in [0.29, 0.717) is 54.6 Å². The van der Waals surface area contributed by atoms with E-state index in [2.05, 4.69) is 31.7 Å². The number of amides is 1. The fourth-order valence-corrected chi connectivity index (χ4v) is 3.61. The minimum Gasteiger partial charge on any atom is -0.378 e. The Kier molecular flexibility index (Phi) is 7.12. The summed E-state index contributed by atoms with van der Waals surface area (Å²) in [5.74, 6) is 0.919. The summed E-state index contributed by atoms with van der Waals surface area (Å²) in [6.07, 6.45) is 0. The highest BCUT2D eigenvalue weighted by Gasteiger charge is 2.17. The Morgan fingerprint density at radius 1 is 1.03 bits per heavy atom. The van der Waals surface area contributed by atoms with Crippen molar-refractivity contribution in [3.63, 3.8) is 0 Å². The van der Waals surface area contributed by atoms with E-state index >= 15 is 0 Å². The maximum atomic E-state index is 12.4. The first-order valence-corrected chi connectivity index (χ1v) is 11.0. The van der Waals surface area contributed by atoms with E-state index < -0.39 is 0 Å². The third kappa shape index (κ3) is 5.94. The van der Waals surface area contributed by atoms with Gasteiger partial charge in [-0.1, -0.05) is 30.0 Å². The molecule has 32 heavy (non-hydrogen) atoms. The standard InChI is InChI=1S/C22H21N7O2S/c23-14-16-6-8-18(9-7-16)24-19(30)15-32-22-27-20(25-17-4-2-1-3-5-17)26-21(28-22)29-10-12-31-13-11-29/h1-9H,10-13,15H2,(H,24,30)(H,25,26,27,28). The van der Waals surface area contributed by atoms with Gasteiger partial charge in [0, 0.05) is 24.5 Å². The van der Waals surface area contributed by atoms with Gasteiger partial charge in [-0.3, -0.25) is 4.79 Å². The van der Waals surface area contributed by atoms with Crippen LogP contribution in [-0.4, -0.2) is 52.9 Å². The van der Waals surface area contributed by atoms with Gasteiger partial charge in [-0.05, 0) is 36.4 Å². The van der Waals surface area contributed by atoms with E-state index in [1.807, 2.05) is 35.2 Å². The molecule has 2 N–H and O–H groups in total. The first kappa shape index (κ1) is 21.5. The molecule has 1 fully saturated rings. The summed E-state index contributed by atoms with van der Waals surface area (Å²) in [7, 11) is 0. The first-order valence-electron chi connectivity index (χ1n) is 10.0. The van der Waals surface area contributed by atoms with Crippen LogP contribution in [0.2, 0.25) is 0 Å². The highest BCUT2D eigenvalue weighted by atomic mass is 32.2. The summed E-state index contributed by atoms with van der Waals surface area (Å²) in [6.45, 7) is 2.61. The Hall–Kier alpha value is -3.68. The van der Waals surface area contributed by atoms with Crippen LogP contribution in [0.1, 0.15) is 5.56 Å². The third-order valence-corrected chi connectivity index (χ3v) is 5.40. The fraction of sp³-hybridized carbons (Fsp3) is 0.227. The first-order chi connectivity index (χ1) is 15.7. The number of carbonyl (C=O) groups excluding carboxylic acids is 1. The van der Waals surface area contributed by atoms with Crippen molar-refractivity contribution in [2.75, 3.05) is 47.6 Å². The largest absolute Gasteiger partial charge is 0.378 e. The number of anilines is 4. The molecule has 0 bridgehead atoms. The molecule has 9 nitrogen and oxygen atoms in total. The van der Waals surface area contributed by atoms with Crippen molar-refractivity contribution in [1.29, 1.82) is 5.26 Å². The zero-order valence-corrected chi connectivity index (χ0v) is 18.0. The van der Waals surface area contributed by atoms with E-state index in [-0.39, 0.29) is 11.7 Å². The number of aromatic nitrogens is 3. The normalized spacial score (nSPS) is 13.3. The lowest BCUT2D eigenvalue weighted by Gasteiger charge is -2.27. The number of hydrogen-bond donors (Lipinski definition) is 2. The van der Waals surface area contributed by atoms with E-state index in [4.69, 9.17) is 10.00 Å². The molecule has 2 heterocycles. The number of hydrogen-bond acceptors (Lipinski definition) is 9. The van der Waals surface area contributed by atoms with Crippen LogP contribution in [0, 0.1) is 11.3 Å². The summed E-state index contributed by atoms with van der Waals surface area (Å²) in [6, 6.07) is 18.4. The number of morpholine rings is 1. The van der Waals surface area contributed by atoms with E-state index in [1.54, 1.807) is 24.3 Å². The van der Waals surface area contributed by atoms with Crippen LogP contribution in [0.15, 0.2) is 59.8 Å². The van der Waals surface area contributed by atoms with E-state index in [1.165, 1.54) is 11.8 Å². The monoisotopic (exact) mass is 447 g/mol. The van der Waals surface area contributed by atoms with Crippen molar-refractivity contribution in [1.82, 2.24) is 15.0 Å². The van der Waals surface area contributed by atoms with Crippen LogP contribution < -0.4 is 15.5 Å². The Bertz CT molecular complexity index is 1100. The molecular formula is C22H21N7O2S. The average molecular weight is 448 g/mol. The van der Waals surface area contributed by atoms with Gasteiger partial charge in [-0.25, -0.2) is 0 Å². The van der Waals surface area contributed by atoms with Gasteiger partial charge in [0.15, 0.2) is 5.16 Å². The van der Waals surface area contributed by atoms with Crippen LogP contribution >= 0.6 is 11.8 Å². The molecule has 1 aromatic heterocycles. The molecule has 0 aliphatic carbocycles. The Labute approximate surface area is 189 Å². The van der Waals surface area contributed by atoms with Crippen molar-refractivity contribution >= 4 is 40.9 Å². The van der Waals surface area contributed by atoms with Crippen LogP contribution in [0.4, 0.5) is 23.3 Å². The number of nitrogens with one attached hydrogen (secondary N) is 2. The van der Waals surface area contributed by atoms with Gasteiger partial charge in [0.05, 0.1) is 30.6 Å². The molecule has 0 unspecified atom stereocenters. The number of carbonyl (C=O) groups is 1. The van der Waals surface area contributed by atoms with Crippen molar-refractivity contribution < 1.29 is 9.53 Å². The van der Waals surface area contributed by atoms with Crippen LogP contribution in [0.3, 0.4) is 0 Å². The second kappa shape index (κ2) is 10.6. The minimum atomic E-state index is -0.189. The van der Waals surface area contributed by atoms with Crippen molar-refractivity contribution in [3.8, 4) is 6.07 Å². The zero-order chi connectivity index (χ0) is 22.2. The van der Waals surface area contributed by atoms with Gasteiger partial charge in [0.1, 0.15) is 0 Å². The van der Waals surface area contributed by atoms with E-state index in [9.17, 15) is 4.79 Å². The van der Waals surface area contributed by atoms with Crippen molar-refractivity contribution in [2.45, 2.75) is 5.16 Å². The van der Waals surface area contributed by atoms with Gasteiger partial charge in [0.25, 0.3) is 0 Å². The molecule has 2 aromatic carbocycles. The Morgan fingerprint density at radius 3 is 2.50 bits per heavy atom. The van der Waals surface area contributed by atoms with Gasteiger partial charge in [0.2, 0.25) is 17.8 Å². The molecule has 1 saturated heterocycles. The molecule has 162 valence electrons. The maximum absolute atomic E-state index is 12.4. The molecule has 10 heteroatoms. The molecule has 4 rings (SSSR count). The Morgan fingerprint density at radius 2 is 1.78 bits per heavy atom. The smallest absolute Gasteiger partial charge is 0.234 e. The molecule has 1 aliphatic heterocycles. The SMILES string of the molecule is N#Cc1ccc(NC(=O)CSc2nc(Nc3ccccc3)nc(N3CCOCC3)n2)cc1. The second-order valence-electron chi connectivity index (χ2n) is 6.86. The molecular weight excluding hydrogens is 426 g/mol. The lowest BCUT2D eigenvalue weighted by atomic mass is 10.2. The average Bonchev–Trinajstić information content (AvgIpc) is 2.84. The zero-order valence-electron chi connectivity index (χ0n) is 17.2. The molecule has 3 aromatic rings. The predicted molar refractivity (Wildman–Crippen MR) is 123 cm³/mol. The Balaban J connectivity index is 1.46. The van der Waals surface area contributed by atoms with Crippen molar-refractivity contribution in [2.24, 2.45) is 0 Å². The number of rotatable bonds is 7. The van der Waals surface area contributed by atoms with Gasteiger partial charge >= 0.3 is 0 Å². The molecule has 0 spiro atoms. The number of nitrogens with zero attached hydrogens (tertiary/aromatic N) is 5. The topological polar surface area (TPSA) is 116 Å². The quantitative estimate of drug-likeness (QED) is 0.527. The van der Waals surface area contributed by atoms with Crippen LogP contribution in [0.5, 0.6) is 0 Å². The third-order valence-electron chi connectivity index (χ3n) is 4.56. The fourth-order valence-electron chi connectivity index (χ4n) is 2.98. The summed E-state index contributed by atoms with van der Waals surface area (Å²) in [4.78, 5) is 28.0. The van der Waals surface area contributed by atoms with Gasteiger partial charge in [-0.2, -0.15) is 20.2 Å². The molecule has 1 aliphatic rings. The van der Waals surface area contributed by atoms with Crippen LogP contribution in [-0.2, 0) is 9.53 Å². The summed E-state index contributed by atoms with van der Waals surface area (Å²) in [5.41, 5.74) is 2.03. The summed E-state index contributed by atoms with van der Waals surface area (Å²) in [5, 5.41) is 15.3. The second-order valence-corrected chi connectivity index (χ2v) is 7.80. The number of ether oxygens (including phenoxy) is 1. The van der Waals surface area contributed by atoms with Crippen molar-refractivity contribution in [3.05, 3.63) is 60.2 Å². The predicted octanol–water partition coefficient (Wildman–Crippen LogP) is 3.05. The number of para-hydroxylation sites is 1. The molecule has 0 saturated carbocycles.